The van der Waals surface area contributed by atoms with E-state index in [1.807, 2.05) is 37.3 Å². The Hall–Kier alpha value is -3.48. The van der Waals surface area contributed by atoms with Crippen LogP contribution in [0, 0.1) is 0 Å². The number of aromatic amines is 1. The molecule has 0 radical (unpaired) electrons. The van der Waals surface area contributed by atoms with Gasteiger partial charge >= 0.3 is 0 Å². The first-order chi connectivity index (χ1) is 14.5. The van der Waals surface area contributed by atoms with Gasteiger partial charge in [0.05, 0.1) is 36.7 Å². The molecule has 3 N–H and O–H groups in total. The molecular weight excluding hydrogens is 382 g/mol. The molecule has 3 rings (SSSR count). The number of aromatic nitrogens is 1. The van der Waals surface area contributed by atoms with Crippen LogP contribution in [0.4, 0.5) is 5.69 Å². The van der Waals surface area contributed by atoms with Crippen molar-refractivity contribution < 1.29 is 19.4 Å². The van der Waals surface area contributed by atoms with Crippen molar-refractivity contribution in [2.24, 2.45) is 4.99 Å². The van der Waals surface area contributed by atoms with Crippen molar-refractivity contribution in [3.63, 3.8) is 0 Å². The standard InChI is InChI=1S/C23H27N3O4/c1-5-18(25-16-8-6-15(7-9-16)10-11-24-14(2)27)22-17-12-20(29-3)21(30-4)13-19(17)26-23(22)28/h6-9,12-13,26,28H,5,10-11H2,1-4H3,(H,24,27). The van der Waals surface area contributed by atoms with E-state index in [4.69, 9.17) is 14.5 Å². The first-order valence-corrected chi connectivity index (χ1v) is 9.84. The first-order valence-electron chi connectivity index (χ1n) is 9.84. The molecular formula is C23H27N3O4. The van der Waals surface area contributed by atoms with E-state index < -0.39 is 0 Å². The third-order valence-electron chi connectivity index (χ3n) is 4.89. The lowest BCUT2D eigenvalue weighted by Gasteiger charge is -2.09. The van der Waals surface area contributed by atoms with Crippen molar-refractivity contribution in [2.75, 3.05) is 20.8 Å². The fourth-order valence-electron chi connectivity index (χ4n) is 3.39. The Morgan fingerprint density at radius 2 is 1.80 bits per heavy atom. The normalized spacial score (nSPS) is 11.5. The second kappa shape index (κ2) is 9.35. The van der Waals surface area contributed by atoms with Gasteiger partial charge in [0.1, 0.15) is 0 Å². The molecule has 3 aromatic rings. The smallest absolute Gasteiger partial charge is 0.216 e. The van der Waals surface area contributed by atoms with E-state index in [1.165, 1.54) is 6.92 Å². The molecule has 0 fully saturated rings. The molecule has 2 aromatic carbocycles. The lowest BCUT2D eigenvalue weighted by molar-refractivity contribution is -0.118. The van der Waals surface area contributed by atoms with Gasteiger partial charge in [0, 0.05) is 24.9 Å². The summed E-state index contributed by atoms with van der Waals surface area (Å²) in [6, 6.07) is 11.5. The van der Waals surface area contributed by atoms with Gasteiger partial charge in [-0.25, -0.2) is 0 Å². The minimum Gasteiger partial charge on any atom is -0.494 e. The van der Waals surface area contributed by atoms with Crippen molar-refractivity contribution >= 4 is 28.2 Å². The maximum absolute atomic E-state index is 11.0. The fraction of sp³-hybridized carbons (Fsp3) is 0.304. The van der Waals surface area contributed by atoms with Gasteiger partial charge in [-0.3, -0.25) is 9.79 Å². The van der Waals surface area contributed by atoms with Gasteiger partial charge in [0.15, 0.2) is 17.4 Å². The number of amides is 1. The summed E-state index contributed by atoms with van der Waals surface area (Å²) >= 11 is 0. The number of nitrogens with one attached hydrogen (secondary N) is 2. The average molecular weight is 409 g/mol. The predicted molar refractivity (Wildman–Crippen MR) is 118 cm³/mol. The number of benzene rings is 2. The van der Waals surface area contributed by atoms with E-state index in [0.717, 1.165) is 34.3 Å². The van der Waals surface area contributed by atoms with E-state index in [2.05, 4.69) is 10.3 Å². The molecule has 0 aliphatic carbocycles. The Kier molecular flexibility index (Phi) is 6.61. The minimum atomic E-state index is -0.0309. The number of aromatic hydroxyl groups is 1. The number of hydrogen-bond donors (Lipinski definition) is 3. The largest absolute Gasteiger partial charge is 0.494 e. The molecule has 1 aromatic heterocycles. The molecule has 1 heterocycles. The number of methoxy groups -OCH3 is 2. The van der Waals surface area contributed by atoms with Gasteiger partial charge in [0.2, 0.25) is 5.91 Å². The molecule has 0 bridgehead atoms. The van der Waals surface area contributed by atoms with Crippen LogP contribution in [0.3, 0.4) is 0 Å². The van der Waals surface area contributed by atoms with Gasteiger partial charge < -0.3 is 24.9 Å². The van der Waals surface area contributed by atoms with Crippen molar-refractivity contribution in [1.29, 1.82) is 0 Å². The highest BCUT2D eigenvalue weighted by Gasteiger charge is 2.18. The molecule has 0 saturated heterocycles. The monoisotopic (exact) mass is 409 g/mol. The lowest BCUT2D eigenvalue weighted by Crippen LogP contribution is -2.22. The van der Waals surface area contributed by atoms with Crippen LogP contribution in [-0.2, 0) is 11.2 Å². The molecule has 30 heavy (non-hydrogen) atoms. The maximum atomic E-state index is 11.0. The molecule has 0 unspecified atom stereocenters. The van der Waals surface area contributed by atoms with Crippen molar-refractivity contribution in [1.82, 2.24) is 10.3 Å². The van der Waals surface area contributed by atoms with Crippen LogP contribution in [0.5, 0.6) is 17.4 Å². The molecule has 1 amide bonds. The van der Waals surface area contributed by atoms with Crippen LogP contribution in [0.1, 0.15) is 31.4 Å². The van der Waals surface area contributed by atoms with Gasteiger partial charge in [-0.15, -0.1) is 0 Å². The Morgan fingerprint density at radius 3 is 2.40 bits per heavy atom. The number of aliphatic imine (C=N–C) groups is 1. The molecule has 158 valence electrons. The lowest BCUT2D eigenvalue weighted by atomic mass is 10.0. The zero-order valence-electron chi connectivity index (χ0n) is 17.7. The summed E-state index contributed by atoms with van der Waals surface area (Å²) in [5.41, 5.74) is 4.08. The highest BCUT2D eigenvalue weighted by atomic mass is 16.5. The predicted octanol–water partition coefficient (Wildman–Crippen LogP) is 4.10. The van der Waals surface area contributed by atoms with E-state index in [0.29, 0.717) is 30.0 Å². The number of fused-ring (bicyclic) bond motifs is 1. The Labute approximate surface area is 175 Å². The number of H-pyrrole nitrogens is 1. The molecule has 7 nitrogen and oxygen atoms in total. The highest BCUT2D eigenvalue weighted by molar-refractivity contribution is 6.14. The summed E-state index contributed by atoms with van der Waals surface area (Å²) in [5, 5.41) is 14.2. The number of ether oxygens (including phenoxy) is 2. The SMILES string of the molecule is CCC(=Nc1ccc(CCNC(C)=O)cc1)c1c(O)[nH]c2cc(OC)c(OC)cc12. The number of carbonyl (C=O) groups excluding carboxylic acids is 1. The van der Waals surface area contributed by atoms with Gasteiger partial charge in [-0.05, 0) is 36.6 Å². The Bertz CT molecular complexity index is 1070. The Morgan fingerprint density at radius 1 is 1.13 bits per heavy atom. The molecule has 0 aliphatic heterocycles. The number of rotatable bonds is 8. The van der Waals surface area contributed by atoms with Crippen LogP contribution in [-0.4, -0.2) is 42.5 Å². The van der Waals surface area contributed by atoms with Crippen LogP contribution in [0.2, 0.25) is 0 Å². The van der Waals surface area contributed by atoms with Crippen LogP contribution >= 0.6 is 0 Å². The van der Waals surface area contributed by atoms with Crippen molar-refractivity contribution in [3.8, 4) is 17.4 Å². The summed E-state index contributed by atoms with van der Waals surface area (Å²) in [6.45, 7) is 4.11. The number of nitrogens with zero attached hydrogens (tertiary/aromatic N) is 1. The van der Waals surface area contributed by atoms with Crippen LogP contribution in [0.25, 0.3) is 10.9 Å². The summed E-state index contributed by atoms with van der Waals surface area (Å²) in [7, 11) is 3.16. The number of carbonyl (C=O) groups is 1. The second-order valence-corrected chi connectivity index (χ2v) is 6.91. The average Bonchev–Trinajstić information content (AvgIpc) is 3.06. The van der Waals surface area contributed by atoms with E-state index in [1.54, 1.807) is 20.3 Å². The van der Waals surface area contributed by atoms with E-state index in [-0.39, 0.29) is 11.8 Å². The zero-order chi connectivity index (χ0) is 21.7. The third kappa shape index (κ3) is 4.56. The highest BCUT2D eigenvalue weighted by Crippen LogP contribution is 2.37. The van der Waals surface area contributed by atoms with Crippen molar-refractivity contribution in [3.05, 3.63) is 47.5 Å². The first kappa shape index (κ1) is 21.2. The fourth-order valence-corrected chi connectivity index (χ4v) is 3.39. The topological polar surface area (TPSA) is 95.9 Å². The molecule has 0 spiro atoms. The Balaban J connectivity index is 1.93. The maximum Gasteiger partial charge on any atom is 0.216 e. The minimum absolute atomic E-state index is 0.0309. The third-order valence-corrected chi connectivity index (χ3v) is 4.89. The van der Waals surface area contributed by atoms with Crippen molar-refractivity contribution in [2.45, 2.75) is 26.7 Å². The van der Waals surface area contributed by atoms with Crippen LogP contribution < -0.4 is 14.8 Å². The van der Waals surface area contributed by atoms with Gasteiger partial charge in [0.25, 0.3) is 0 Å². The molecule has 0 saturated carbocycles. The summed E-state index contributed by atoms with van der Waals surface area (Å²) in [4.78, 5) is 18.8. The summed E-state index contributed by atoms with van der Waals surface area (Å²) < 4.78 is 10.8. The molecule has 0 atom stereocenters. The summed E-state index contributed by atoms with van der Waals surface area (Å²) in [6.07, 6.45) is 1.40. The summed E-state index contributed by atoms with van der Waals surface area (Å²) in [5.74, 6) is 1.20. The number of hydrogen-bond acceptors (Lipinski definition) is 5. The van der Waals surface area contributed by atoms with E-state index in [9.17, 15) is 9.90 Å². The van der Waals surface area contributed by atoms with E-state index >= 15 is 0 Å². The second-order valence-electron chi connectivity index (χ2n) is 6.91. The molecule has 7 heteroatoms. The molecule has 0 aliphatic rings. The van der Waals surface area contributed by atoms with Gasteiger partial charge in [-0.2, -0.15) is 0 Å². The van der Waals surface area contributed by atoms with Gasteiger partial charge in [-0.1, -0.05) is 19.1 Å². The quantitative estimate of drug-likeness (QED) is 0.488. The van der Waals surface area contributed by atoms with Crippen LogP contribution in [0.15, 0.2) is 41.4 Å². The zero-order valence-corrected chi connectivity index (χ0v) is 17.7.